The number of unbranched alkanes of at least 4 members (excludes halogenated alkanes) is 2. The lowest BCUT2D eigenvalue weighted by Crippen LogP contribution is -2.27. The van der Waals surface area contributed by atoms with Gasteiger partial charge >= 0.3 is 6.09 Å². The van der Waals surface area contributed by atoms with Gasteiger partial charge in [0.25, 0.3) is 5.91 Å². The number of anilines is 2. The number of amides is 2. The summed E-state index contributed by atoms with van der Waals surface area (Å²) in [7, 11) is 0. The summed E-state index contributed by atoms with van der Waals surface area (Å²) in [5.41, 5.74) is 0.298. The fourth-order valence-corrected chi connectivity index (χ4v) is 3.04. The molecule has 0 radical (unpaired) electrons. The van der Waals surface area contributed by atoms with Crippen molar-refractivity contribution in [2.24, 2.45) is 0 Å². The molecule has 0 bridgehead atoms. The molecule has 0 saturated heterocycles. The molecule has 1 heterocycles. The van der Waals surface area contributed by atoms with Gasteiger partial charge in [-0.25, -0.2) is 4.79 Å². The van der Waals surface area contributed by atoms with Crippen LogP contribution in [0.25, 0.3) is 0 Å². The summed E-state index contributed by atoms with van der Waals surface area (Å²) in [6.07, 6.45) is 3.67. The van der Waals surface area contributed by atoms with E-state index in [1.165, 1.54) is 11.3 Å². The molecule has 7 nitrogen and oxygen atoms in total. The average molecular weight is 391 g/mol. The van der Waals surface area contributed by atoms with Crippen LogP contribution in [-0.4, -0.2) is 27.8 Å². The number of carbonyl (C=O) groups is 2. The first kappa shape index (κ1) is 20.8. The quantitative estimate of drug-likeness (QED) is 0.658. The Labute approximate surface area is 163 Å². The number of nitrogens with one attached hydrogen (secondary N) is 2. The zero-order valence-corrected chi connectivity index (χ0v) is 17.0. The van der Waals surface area contributed by atoms with Crippen LogP contribution >= 0.6 is 11.3 Å². The second-order valence-electron chi connectivity index (χ2n) is 7.12. The Bertz CT molecular complexity index is 783. The summed E-state index contributed by atoms with van der Waals surface area (Å²) < 4.78 is 5.21. The first-order chi connectivity index (χ1) is 12.8. The highest BCUT2D eigenvalue weighted by molar-refractivity contribution is 7.15. The summed E-state index contributed by atoms with van der Waals surface area (Å²) >= 11 is 1.38. The van der Waals surface area contributed by atoms with Crippen LogP contribution in [0.3, 0.4) is 0 Å². The van der Waals surface area contributed by atoms with E-state index in [-0.39, 0.29) is 5.91 Å². The molecule has 2 N–H and O–H groups in total. The number of aryl methyl sites for hydroxylation is 1. The van der Waals surface area contributed by atoms with Crippen molar-refractivity contribution < 1.29 is 14.3 Å². The largest absolute Gasteiger partial charge is 0.444 e. The molecule has 0 atom stereocenters. The maximum atomic E-state index is 12.4. The minimum atomic E-state index is -0.592. The summed E-state index contributed by atoms with van der Waals surface area (Å²) in [5, 5.41) is 14.9. The predicted molar refractivity (Wildman–Crippen MR) is 107 cm³/mol. The second-order valence-corrected chi connectivity index (χ2v) is 8.18. The van der Waals surface area contributed by atoms with Crippen LogP contribution in [0.1, 0.15) is 62.3 Å². The topological polar surface area (TPSA) is 93.2 Å². The Morgan fingerprint density at radius 3 is 2.63 bits per heavy atom. The zero-order valence-electron chi connectivity index (χ0n) is 16.2. The van der Waals surface area contributed by atoms with Gasteiger partial charge in [-0.3, -0.25) is 15.4 Å². The lowest BCUT2D eigenvalue weighted by Gasteiger charge is -2.19. The molecule has 2 amide bonds. The molecule has 2 rings (SSSR count). The first-order valence-corrected chi connectivity index (χ1v) is 9.82. The number of ether oxygens (including phenoxy) is 1. The van der Waals surface area contributed by atoms with Crippen molar-refractivity contribution in [3.8, 4) is 0 Å². The van der Waals surface area contributed by atoms with Crippen LogP contribution in [0.2, 0.25) is 0 Å². The van der Waals surface area contributed by atoms with Crippen molar-refractivity contribution in [2.45, 2.75) is 59.0 Å². The predicted octanol–water partition coefficient (Wildman–Crippen LogP) is 4.87. The number of carbonyl (C=O) groups excluding carboxylic acids is 2. The molecule has 8 heteroatoms. The zero-order chi connectivity index (χ0) is 19.9. The van der Waals surface area contributed by atoms with E-state index >= 15 is 0 Å². The second kappa shape index (κ2) is 9.45. The van der Waals surface area contributed by atoms with Crippen LogP contribution in [0.4, 0.5) is 15.6 Å². The third-order valence-electron chi connectivity index (χ3n) is 3.45. The molecule has 2 aromatic rings. The molecule has 0 fully saturated rings. The van der Waals surface area contributed by atoms with E-state index < -0.39 is 11.7 Å². The van der Waals surface area contributed by atoms with Gasteiger partial charge in [0, 0.05) is 17.7 Å². The van der Waals surface area contributed by atoms with E-state index in [2.05, 4.69) is 27.8 Å². The lowest BCUT2D eigenvalue weighted by atomic mass is 10.2. The Balaban J connectivity index is 1.96. The van der Waals surface area contributed by atoms with Crippen LogP contribution in [0, 0.1) is 0 Å². The van der Waals surface area contributed by atoms with E-state index in [0.29, 0.717) is 16.4 Å². The van der Waals surface area contributed by atoms with Gasteiger partial charge in [0.05, 0.1) is 0 Å². The monoisotopic (exact) mass is 390 g/mol. The summed E-state index contributed by atoms with van der Waals surface area (Å²) in [5.74, 6) is -0.306. The molecule has 146 valence electrons. The van der Waals surface area contributed by atoms with Crippen LogP contribution in [0.15, 0.2) is 24.3 Å². The van der Waals surface area contributed by atoms with Crippen molar-refractivity contribution in [3.05, 3.63) is 34.8 Å². The van der Waals surface area contributed by atoms with Gasteiger partial charge in [-0.1, -0.05) is 37.2 Å². The fourth-order valence-electron chi connectivity index (χ4n) is 2.26. The van der Waals surface area contributed by atoms with Crippen LogP contribution < -0.4 is 10.6 Å². The highest BCUT2D eigenvalue weighted by Crippen LogP contribution is 2.19. The number of aromatic nitrogens is 2. The van der Waals surface area contributed by atoms with Crippen LogP contribution in [-0.2, 0) is 11.2 Å². The highest BCUT2D eigenvalue weighted by Gasteiger charge is 2.17. The third-order valence-corrected chi connectivity index (χ3v) is 4.35. The normalized spacial score (nSPS) is 11.1. The molecule has 0 aliphatic rings. The van der Waals surface area contributed by atoms with Crippen molar-refractivity contribution in [1.29, 1.82) is 0 Å². The molecule has 1 aromatic heterocycles. The lowest BCUT2D eigenvalue weighted by molar-refractivity contribution is 0.0635. The molecule has 0 spiro atoms. The van der Waals surface area contributed by atoms with Gasteiger partial charge in [0.2, 0.25) is 5.13 Å². The van der Waals surface area contributed by atoms with E-state index in [4.69, 9.17) is 4.74 Å². The Morgan fingerprint density at radius 1 is 1.15 bits per heavy atom. The Morgan fingerprint density at radius 2 is 1.93 bits per heavy atom. The molecule has 0 aliphatic heterocycles. The van der Waals surface area contributed by atoms with Crippen molar-refractivity contribution in [3.63, 3.8) is 0 Å². The van der Waals surface area contributed by atoms with Gasteiger partial charge in [0.15, 0.2) is 0 Å². The Kier molecular flexibility index (Phi) is 7.29. The van der Waals surface area contributed by atoms with Crippen molar-refractivity contribution in [1.82, 2.24) is 10.2 Å². The molecule has 0 unspecified atom stereocenters. The summed E-state index contributed by atoms with van der Waals surface area (Å²) in [6.45, 7) is 7.51. The number of nitrogens with zero attached hydrogens (tertiary/aromatic N) is 2. The number of benzene rings is 1. The number of hydrogen-bond donors (Lipinski definition) is 2. The molecule has 1 aromatic carbocycles. The minimum Gasteiger partial charge on any atom is -0.444 e. The number of hydrogen-bond acceptors (Lipinski definition) is 6. The van der Waals surface area contributed by atoms with Crippen molar-refractivity contribution in [2.75, 3.05) is 10.6 Å². The molecule has 0 aliphatic carbocycles. The summed E-state index contributed by atoms with van der Waals surface area (Å²) in [6, 6.07) is 6.64. The number of rotatable bonds is 7. The average Bonchev–Trinajstić information content (AvgIpc) is 3.01. The smallest absolute Gasteiger partial charge is 0.412 e. The van der Waals surface area contributed by atoms with Gasteiger partial charge in [-0.05, 0) is 45.4 Å². The maximum absolute atomic E-state index is 12.4. The molecular formula is C19H26N4O3S. The Hall–Kier alpha value is -2.48. The fraction of sp³-hybridized carbons (Fsp3) is 0.474. The first-order valence-electron chi connectivity index (χ1n) is 9.00. The maximum Gasteiger partial charge on any atom is 0.412 e. The molecule has 0 saturated carbocycles. The van der Waals surface area contributed by atoms with Crippen molar-refractivity contribution >= 4 is 34.2 Å². The van der Waals surface area contributed by atoms with Crippen LogP contribution in [0.5, 0.6) is 0 Å². The minimum absolute atomic E-state index is 0.306. The van der Waals surface area contributed by atoms with E-state index in [9.17, 15) is 9.59 Å². The molecular weight excluding hydrogens is 364 g/mol. The standard InChI is InChI=1S/C19H26N4O3S/c1-5-6-7-11-15-22-23-17(27-15)21-16(24)13-9-8-10-14(12-13)20-18(25)26-19(2,3)4/h8-10,12H,5-7,11H2,1-4H3,(H,20,25)(H,21,23,24). The van der Waals surface area contributed by atoms with E-state index in [1.807, 2.05) is 0 Å². The van der Waals surface area contributed by atoms with E-state index in [1.54, 1.807) is 45.0 Å². The highest BCUT2D eigenvalue weighted by atomic mass is 32.1. The van der Waals surface area contributed by atoms with E-state index in [0.717, 1.165) is 30.7 Å². The summed E-state index contributed by atoms with van der Waals surface area (Å²) in [4.78, 5) is 24.3. The third kappa shape index (κ3) is 7.34. The van der Waals surface area contributed by atoms with Gasteiger partial charge < -0.3 is 4.74 Å². The SMILES string of the molecule is CCCCCc1nnc(NC(=O)c2cccc(NC(=O)OC(C)(C)C)c2)s1. The molecule has 27 heavy (non-hydrogen) atoms. The van der Waals surface area contributed by atoms with Gasteiger partial charge in [-0.2, -0.15) is 0 Å². The van der Waals surface area contributed by atoms with Gasteiger partial charge in [-0.15, -0.1) is 10.2 Å². The van der Waals surface area contributed by atoms with Gasteiger partial charge in [0.1, 0.15) is 10.6 Å².